The first-order valence-corrected chi connectivity index (χ1v) is 6.40. The Bertz CT molecular complexity index is 459. The lowest BCUT2D eigenvalue weighted by Crippen LogP contribution is -2.41. The van der Waals surface area contributed by atoms with Crippen molar-refractivity contribution in [3.05, 3.63) is 29.6 Å². The predicted octanol–water partition coefficient (Wildman–Crippen LogP) is 0.694. The van der Waals surface area contributed by atoms with Crippen molar-refractivity contribution in [2.45, 2.75) is 19.9 Å². The summed E-state index contributed by atoms with van der Waals surface area (Å²) in [4.78, 5) is 28.2. The molecule has 20 heavy (non-hydrogen) atoms. The van der Waals surface area contributed by atoms with Crippen molar-refractivity contribution in [2.24, 2.45) is 0 Å². The van der Waals surface area contributed by atoms with E-state index in [-0.39, 0.29) is 31.3 Å². The molecular formula is C13H19N3O4. The van der Waals surface area contributed by atoms with Crippen LogP contribution in [0.1, 0.15) is 29.4 Å². The molecule has 0 aliphatic heterocycles. The van der Waals surface area contributed by atoms with Crippen LogP contribution in [0.4, 0.5) is 4.79 Å². The number of amides is 2. The Labute approximate surface area is 117 Å². The van der Waals surface area contributed by atoms with E-state index in [1.54, 1.807) is 0 Å². The van der Waals surface area contributed by atoms with Crippen LogP contribution in [0.2, 0.25) is 0 Å². The van der Waals surface area contributed by atoms with Crippen LogP contribution in [0.5, 0.6) is 0 Å². The maximum absolute atomic E-state index is 11.9. The number of carboxylic acids is 1. The van der Waals surface area contributed by atoms with Crippen LogP contribution in [0.15, 0.2) is 18.3 Å². The zero-order chi connectivity index (χ0) is 15.0. The van der Waals surface area contributed by atoms with Gasteiger partial charge < -0.3 is 20.4 Å². The fourth-order valence-corrected chi connectivity index (χ4v) is 1.69. The number of hydrogen-bond donors (Lipinski definition) is 3. The van der Waals surface area contributed by atoms with Gasteiger partial charge in [-0.3, -0.25) is 4.98 Å². The van der Waals surface area contributed by atoms with Crippen LogP contribution in [0, 0.1) is 0 Å². The van der Waals surface area contributed by atoms with E-state index < -0.39 is 5.97 Å². The van der Waals surface area contributed by atoms with Gasteiger partial charge in [0.2, 0.25) is 0 Å². The van der Waals surface area contributed by atoms with Crippen LogP contribution in [0.25, 0.3) is 0 Å². The van der Waals surface area contributed by atoms with Gasteiger partial charge in [-0.2, -0.15) is 0 Å². The third kappa shape index (κ3) is 4.85. The van der Waals surface area contributed by atoms with E-state index in [4.69, 9.17) is 10.2 Å². The van der Waals surface area contributed by atoms with Gasteiger partial charge in [0.1, 0.15) is 0 Å². The van der Waals surface area contributed by atoms with Crippen LogP contribution in [0.3, 0.4) is 0 Å². The predicted molar refractivity (Wildman–Crippen MR) is 72.4 cm³/mol. The summed E-state index contributed by atoms with van der Waals surface area (Å²) < 4.78 is 0. The van der Waals surface area contributed by atoms with E-state index in [2.05, 4.69) is 10.3 Å². The number of aliphatic hydroxyl groups excluding tert-OH is 1. The molecule has 7 heteroatoms. The molecule has 0 unspecified atom stereocenters. The smallest absolute Gasteiger partial charge is 0.335 e. The lowest BCUT2D eigenvalue weighted by molar-refractivity contribution is 0.0696. The normalized spacial score (nSPS) is 10.1. The molecule has 0 radical (unpaired) electrons. The van der Waals surface area contributed by atoms with Crippen molar-refractivity contribution in [3.8, 4) is 0 Å². The molecule has 2 amide bonds. The number of aromatic carboxylic acids is 1. The van der Waals surface area contributed by atoms with E-state index in [1.165, 1.54) is 23.2 Å². The number of pyridine rings is 1. The summed E-state index contributed by atoms with van der Waals surface area (Å²) in [6, 6.07) is 2.50. The topological polar surface area (TPSA) is 103 Å². The molecule has 0 aliphatic carbocycles. The van der Waals surface area contributed by atoms with Crippen molar-refractivity contribution >= 4 is 12.0 Å². The molecule has 0 aromatic carbocycles. The molecule has 0 saturated heterocycles. The third-order valence-electron chi connectivity index (χ3n) is 2.63. The number of carboxylic acid groups (broad SMARTS) is 1. The highest BCUT2D eigenvalue weighted by atomic mass is 16.4. The zero-order valence-electron chi connectivity index (χ0n) is 11.4. The van der Waals surface area contributed by atoms with Gasteiger partial charge in [0.05, 0.1) is 24.4 Å². The monoisotopic (exact) mass is 281 g/mol. The van der Waals surface area contributed by atoms with Crippen LogP contribution in [-0.2, 0) is 6.54 Å². The van der Waals surface area contributed by atoms with Crippen molar-refractivity contribution in [2.75, 3.05) is 19.7 Å². The van der Waals surface area contributed by atoms with Gasteiger partial charge in [-0.05, 0) is 18.6 Å². The fraction of sp³-hybridized carbons (Fsp3) is 0.462. The third-order valence-corrected chi connectivity index (χ3v) is 2.63. The van der Waals surface area contributed by atoms with E-state index >= 15 is 0 Å². The number of carbonyl (C=O) groups is 2. The second-order valence-corrected chi connectivity index (χ2v) is 4.21. The van der Waals surface area contributed by atoms with Crippen LogP contribution in [-0.4, -0.2) is 51.8 Å². The summed E-state index contributed by atoms with van der Waals surface area (Å²) in [5.74, 6) is -1.03. The Morgan fingerprint density at radius 2 is 2.15 bits per heavy atom. The molecule has 7 nitrogen and oxygen atoms in total. The maximum atomic E-state index is 11.9. The molecule has 1 aromatic rings. The Morgan fingerprint density at radius 3 is 2.75 bits per heavy atom. The van der Waals surface area contributed by atoms with Gasteiger partial charge >= 0.3 is 12.0 Å². The minimum absolute atomic E-state index is 0.0971. The summed E-state index contributed by atoms with van der Waals surface area (Å²) in [5.41, 5.74) is 0.601. The van der Waals surface area contributed by atoms with Crippen molar-refractivity contribution < 1.29 is 19.8 Å². The average Bonchev–Trinajstić information content (AvgIpc) is 2.45. The standard InChI is InChI=1S/C13H19N3O4/c1-2-5-16(6-7-17)13(20)15-9-11-8-10(12(18)19)3-4-14-11/h3-4,8,17H,2,5-7,9H2,1H3,(H,15,20)(H,18,19). The largest absolute Gasteiger partial charge is 0.478 e. The molecule has 3 N–H and O–H groups in total. The fourth-order valence-electron chi connectivity index (χ4n) is 1.69. The number of aliphatic hydroxyl groups is 1. The number of urea groups is 1. The summed E-state index contributed by atoms with van der Waals surface area (Å²) in [5, 5.41) is 20.4. The van der Waals surface area contributed by atoms with Crippen LogP contribution >= 0.6 is 0 Å². The lowest BCUT2D eigenvalue weighted by Gasteiger charge is -2.21. The molecule has 0 spiro atoms. The number of nitrogens with one attached hydrogen (secondary N) is 1. The van der Waals surface area contributed by atoms with E-state index in [0.717, 1.165) is 6.42 Å². The number of aromatic nitrogens is 1. The molecule has 0 bridgehead atoms. The molecule has 0 atom stereocenters. The summed E-state index contributed by atoms with van der Waals surface area (Å²) in [7, 11) is 0. The Hall–Kier alpha value is -2.15. The van der Waals surface area contributed by atoms with Gasteiger partial charge in [0.25, 0.3) is 0 Å². The first kappa shape index (κ1) is 15.9. The highest BCUT2D eigenvalue weighted by molar-refractivity contribution is 5.87. The minimum Gasteiger partial charge on any atom is -0.478 e. The van der Waals surface area contributed by atoms with E-state index in [1.807, 2.05) is 6.92 Å². The van der Waals surface area contributed by atoms with E-state index in [9.17, 15) is 9.59 Å². The second kappa shape index (κ2) is 8.11. The molecule has 0 fully saturated rings. The molecule has 1 aromatic heterocycles. The highest BCUT2D eigenvalue weighted by Crippen LogP contribution is 2.02. The zero-order valence-corrected chi connectivity index (χ0v) is 11.4. The van der Waals surface area contributed by atoms with Crippen LogP contribution < -0.4 is 5.32 Å². The van der Waals surface area contributed by atoms with Gasteiger partial charge in [-0.15, -0.1) is 0 Å². The first-order chi connectivity index (χ1) is 9.58. The quantitative estimate of drug-likeness (QED) is 0.682. The van der Waals surface area contributed by atoms with Crippen molar-refractivity contribution in [1.82, 2.24) is 15.2 Å². The van der Waals surface area contributed by atoms with Gasteiger partial charge in [-0.1, -0.05) is 6.92 Å². The molecule has 0 saturated carbocycles. The molecule has 0 aliphatic rings. The minimum atomic E-state index is -1.03. The van der Waals surface area contributed by atoms with Crippen molar-refractivity contribution in [3.63, 3.8) is 0 Å². The lowest BCUT2D eigenvalue weighted by atomic mass is 10.2. The first-order valence-electron chi connectivity index (χ1n) is 6.40. The number of nitrogens with zero attached hydrogens (tertiary/aromatic N) is 2. The highest BCUT2D eigenvalue weighted by Gasteiger charge is 2.12. The van der Waals surface area contributed by atoms with Gasteiger partial charge in [-0.25, -0.2) is 9.59 Å². The van der Waals surface area contributed by atoms with Gasteiger partial charge in [0, 0.05) is 19.3 Å². The Kier molecular flexibility index (Phi) is 6.45. The molecule has 110 valence electrons. The van der Waals surface area contributed by atoms with Gasteiger partial charge in [0.15, 0.2) is 0 Å². The molecule has 1 heterocycles. The second-order valence-electron chi connectivity index (χ2n) is 4.21. The maximum Gasteiger partial charge on any atom is 0.335 e. The number of rotatable bonds is 7. The van der Waals surface area contributed by atoms with E-state index in [0.29, 0.717) is 12.2 Å². The number of hydrogen-bond acceptors (Lipinski definition) is 4. The Balaban J connectivity index is 2.59. The van der Waals surface area contributed by atoms with Crippen molar-refractivity contribution in [1.29, 1.82) is 0 Å². The Morgan fingerprint density at radius 1 is 1.40 bits per heavy atom. The SMILES string of the molecule is CCCN(CCO)C(=O)NCc1cc(C(=O)O)ccn1. The molecule has 1 rings (SSSR count). The molecular weight excluding hydrogens is 262 g/mol. The average molecular weight is 281 g/mol. The summed E-state index contributed by atoms with van der Waals surface area (Å²) in [6.45, 7) is 2.80. The summed E-state index contributed by atoms with van der Waals surface area (Å²) in [6.07, 6.45) is 2.18. The number of carbonyl (C=O) groups excluding carboxylic acids is 1. The summed E-state index contributed by atoms with van der Waals surface area (Å²) >= 11 is 0.